The fraction of sp³-hybridized carbons (Fsp3) is 0.727. The Labute approximate surface area is 85.5 Å². The van der Waals surface area contributed by atoms with Crippen LogP contribution in [-0.2, 0) is 5.67 Å². The number of hydrogen-bond donors (Lipinski definition) is 0. The molecule has 0 atom stereocenters. The number of rotatable bonds is 2. The first-order chi connectivity index (χ1) is 6.41. The van der Waals surface area contributed by atoms with Crippen LogP contribution in [0.1, 0.15) is 58.9 Å². The highest BCUT2D eigenvalue weighted by atomic mass is 19.1. The van der Waals surface area contributed by atoms with E-state index in [1.54, 1.807) is 6.07 Å². The maximum absolute atomic E-state index is 13.3. The molecular formula is C11H20FNO. The van der Waals surface area contributed by atoms with Gasteiger partial charge in [0.05, 0.1) is 5.69 Å². The molecule has 14 heavy (non-hydrogen) atoms. The lowest BCUT2D eigenvalue weighted by atomic mass is 10.1. The first kappa shape index (κ1) is 13.1. The topological polar surface area (TPSA) is 26.0 Å². The third-order valence-corrected chi connectivity index (χ3v) is 1.71. The Balaban J connectivity index is 0.000000791. The Kier molecular flexibility index (Phi) is 4.81. The van der Waals surface area contributed by atoms with E-state index < -0.39 is 5.67 Å². The predicted molar refractivity (Wildman–Crippen MR) is 56.1 cm³/mol. The average Bonchev–Trinajstić information content (AvgIpc) is 2.54. The second-order valence-corrected chi connectivity index (χ2v) is 3.74. The van der Waals surface area contributed by atoms with Crippen molar-refractivity contribution in [3.05, 3.63) is 17.5 Å². The van der Waals surface area contributed by atoms with E-state index in [2.05, 4.69) is 5.16 Å². The van der Waals surface area contributed by atoms with Gasteiger partial charge in [0.25, 0.3) is 0 Å². The highest BCUT2D eigenvalue weighted by molar-refractivity contribution is 5.13. The van der Waals surface area contributed by atoms with Gasteiger partial charge in [0.15, 0.2) is 11.4 Å². The van der Waals surface area contributed by atoms with Crippen LogP contribution in [0.5, 0.6) is 0 Å². The highest BCUT2D eigenvalue weighted by Crippen LogP contribution is 2.26. The lowest BCUT2D eigenvalue weighted by molar-refractivity contribution is 0.162. The van der Waals surface area contributed by atoms with Gasteiger partial charge in [-0.2, -0.15) is 0 Å². The molecule has 1 aromatic heterocycles. The molecule has 0 saturated heterocycles. The zero-order chi connectivity index (χ0) is 11.4. The van der Waals surface area contributed by atoms with E-state index in [0.29, 0.717) is 5.76 Å². The molecule has 82 valence electrons. The summed E-state index contributed by atoms with van der Waals surface area (Å²) in [7, 11) is 0. The van der Waals surface area contributed by atoms with Crippen molar-refractivity contribution in [2.24, 2.45) is 0 Å². The van der Waals surface area contributed by atoms with E-state index in [1.165, 1.54) is 13.8 Å². The van der Waals surface area contributed by atoms with Crippen LogP contribution in [0.4, 0.5) is 4.39 Å². The summed E-state index contributed by atoms with van der Waals surface area (Å²) in [5.74, 6) is 0.580. The normalized spacial score (nSPS) is 11.1. The molecule has 1 rings (SSSR count). The van der Waals surface area contributed by atoms with Crippen molar-refractivity contribution < 1.29 is 8.91 Å². The summed E-state index contributed by atoms with van der Waals surface area (Å²) < 4.78 is 18.1. The van der Waals surface area contributed by atoms with Crippen LogP contribution in [0.25, 0.3) is 0 Å². The van der Waals surface area contributed by atoms with E-state index in [-0.39, 0.29) is 5.92 Å². The number of alkyl halides is 1. The van der Waals surface area contributed by atoms with Crippen molar-refractivity contribution in [1.29, 1.82) is 0 Å². The zero-order valence-electron chi connectivity index (χ0n) is 9.89. The highest BCUT2D eigenvalue weighted by Gasteiger charge is 2.24. The molecule has 0 radical (unpaired) electrons. The molecule has 1 heterocycles. The van der Waals surface area contributed by atoms with E-state index in [0.717, 1.165) is 5.69 Å². The molecule has 0 bridgehead atoms. The van der Waals surface area contributed by atoms with Gasteiger partial charge in [-0.1, -0.05) is 32.9 Å². The summed E-state index contributed by atoms with van der Waals surface area (Å²) in [5.41, 5.74) is -0.629. The van der Waals surface area contributed by atoms with Crippen molar-refractivity contribution in [2.75, 3.05) is 0 Å². The minimum atomic E-state index is -1.43. The lowest BCUT2D eigenvalue weighted by Crippen LogP contribution is -2.06. The van der Waals surface area contributed by atoms with Gasteiger partial charge in [-0.3, -0.25) is 0 Å². The van der Waals surface area contributed by atoms with Crippen LogP contribution in [-0.4, -0.2) is 5.16 Å². The largest absolute Gasteiger partial charge is 0.358 e. The molecule has 0 aliphatic carbocycles. The molecule has 0 aliphatic rings. The van der Waals surface area contributed by atoms with Crippen molar-refractivity contribution >= 4 is 0 Å². The summed E-state index contributed by atoms with van der Waals surface area (Å²) in [5, 5.41) is 3.77. The molecule has 0 N–H and O–H groups in total. The van der Waals surface area contributed by atoms with E-state index in [9.17, 15) is 4.39 Å². The summed E-state index contributed by atoms with van der Waals surface area (Å²) in [6, 6.07) is 1.67. The SMILES string of the molecule is CC.CC(C)c1cc(C(C)(C)F)on1. The van der Waals surface area contributed by atoms with Gasteiger partial charge in [-0.05, 0) is 19.8 Å². The maximum Gasteiger partial charge on any atom is 0.173 e. The molecule has 1 aromatic rings. The quantitative estimate of drug-likeness (QED) is 0.722. The fourth-order valence-electron chi connectivity index (χ4n) is 0.841. The fourth-order valence-corrected chi connectivity index (χ4v) is 0.841. The molecule has 0 unspecified atom stereocenters. The summed E-state index contributed by atoms with van der Waals surface area (Å²) >= 11 is 0. The van der Waals surface area contributed by atoms with Gasteiger partial charge < -0.3 is 4.52 Å². The Morgan fingerprint density at radius 2 is 1.86 bits per heavy atom. The first-order valence-corrected chi connectivity index (χ1v) is 5.07. The summed E-state index contributed by atoms with van der Waals surface area (Å²) in [4.78, 5) is 0. The lowest BCUT2D eigenvalue weighted by Gasteiger charge is -2.07. The second-order valence-electron chi connectivity index (χ2n) is 3.74. The zero-order valence-corrected chi connectivity index (χ0v) is 9.89. The van der Waals surface area contributed by atoms with Gasteiger partial charge in [0, 0.05) is 6.07 Å². The molecule has 3 heteroatoms. The Bertz CT molecular complexity index is 260. The van der Waals surface area contributed by atoms with Gasteiger partial charge in [0.1, 0.15) is 0 Å². The Morgan fingerprint density at radius 1 is 1.36 bits per heavy atom. The van der Waals surface area contributed by atoms with Gasteiger partial charge in [-0.25, -0.2) is 4.39 Å². The summed E-state index contributed by atoms with van der Waals surface area (Å²) in [6.07, 6.45) is 0. The standard InChI is InChI=1S/C9H14FNO.C2H6/c1-6(2)7-5-8(12-11-7)9(3,4)10;1-2/h5-6H,1-4H3;1-2H3. The molecule has 0 amide bonds. The summed E-state index contributed by atoms with van der Waals surface area (Å²) in [6.45, 7) is 10.9. The average molecular weight is 201 g/mol. The van der Waals surface area contributed by atoms with Crippen molar-refractivity contribution in [2.45, 2.75) is 53.1 Å². The minimum absolute atomic E-state index is 0.282. The van der Waals surface area contributed by atoms with Crippen molar-refractivity contribution in [3.63, 3.8) is 0 Å². The van der Waals surface area contributed by atoms with Crippen LogP contribution in [0.3, 0.4) is 0 Å². The van der Waals surface area contributed by atoms with Crippen LogP contribution < -0.4 is 0 Å². The van der Waals surface area contributed by atoms with Crippen LogP contribution in [0.15, 0.2) is 10.6 Å². The molecule has 0 saturated carbocycles. The second kappa shape index (κ2) is 5.13. The predicted octanol–water partition coefficient (Wildman–Crippen LogP) is 4.03. The Hall–Kier alpha value is -0.860. The molecule has 0 spiro atoms. The number of nitrogens with zero attached hydrogens (tertiary/aromatic N) is 1. The van der Waals surface area contributed by atoms with Crippen molar-refractivity contribution in [1.82, 2.24) is 5.16 Å². The third kappa shape index (κ3) is 3.48. The maximum atomic E-state index is 13.3. The number of hydrogen-bond acceptors (Lipinski definition) is 2. The Morgan fingerprint density at radius 3 is 2.07 bits per heavy atom. The minimum Gasteiger partial charge on any atom is -0.358 e. The van der Waals surface area contributed by atoms with Crippen LogP contribution >= 0.6 is 0 Å². The first-order valence-electron chi connectivity index (χ1n) is 5.07. The smallest absolute Gasteiger partial charge is 0.173 e. The molecule has 0 fully saturated rings. The van der Waals surface area contributed by atoms with E-state index in [4.69, 9.17) is 4.52 Å². The monoisotopic (exact) mass is 201 g/mol. The molecule has 0 aromatic carbocycles. The number of aromatic nitrogens is 1. The number of halogens is 1. The molecule has 0 aliphatic heterocycles. The van der Waals surface area contributed by atoms with Gasteiger partial charge in [0.2, 0.25) is 0 Å². The molecule has 2 nitrogen and oxygen atoms in total. The van der Waals surface area contributed by atoms with E-state index >= 15 is 0 Å². The van der Waals surface area contributed by atoms with Crippen LogP contribution in [0, 0.1) is 0 Å². The van der Waals surface area contributed by atoms with Crippen LogP contribution in [0.2, 0.25) is 0 Å². The van der Waals surface area contributed by atoms with Gasteiger partial charge in [-0.15, -0.1) is 0 Å². The van der Waals surface area contributed by atoms with E-state index in [1.807, 2.05) is 27.7 Å². The van der Waals surface area contributed by atoms with Crippen molar-refractivity contribution in [3.8, 4) is 0 Å². The molecular weight excluding hydrogens is 181 g/mol. The van der Waals surface area contributed by atoms with Gasteiger partial charge >= 0.3 is 0 Å². The third-order valence-electron chi connectivity index (χ3n) is 1.71.